The molecule has 1 aromatic heterocycles. The number of nitrogens with one attached hydrogen (secondary N) is 1. The summed E-state index contributed by atoms with van der Waals surface area (Å²) < 4.78 is 0. The number of aromatic amines is 1. The van der Waals surface area contributed by atoms with Crippen LogP contribution in [-0.4, -0.2) is 11.2 Å². The lowest BCUT2D eigenvalue weighted by Gasteiger charge is -1.91. The predicted octanol–water partition coefficient (Wildman–Crippen LogP) is 0.420. The van der Waals surface area contributed by atoms with Gasteiger partial charge in [0.05, 0.1) is 6.54 Å². The summed E-state index contributed by atoms with van der Waals surface area (Å²) in [7, 11) is 0. The van der Waals surface area contributed by atoms with Crippen LogP contribution in [0.25, 0.3) is 0 Å². The van der Waals surface area contributed by atoms with E-state index in [9.17, 15) is 4.79 Å². The molecule has 1 aromatic rings. The fraction of sp³-hybridized carbons (Fsp3) is 0.143. The molecule has 0 saturated carbocycles. The van der Waals surface area contributed by atoms with Gasteiger partial charge in [0.15, 0.2) is 0 Å². The maximum Gasteiger partial charge on any atom is 1.00 e. The summed E-state index contributed by atoms with van der Waals surface area (Å²) in [5, 5.41) is 0. The van der Waals surface area contributed by atoms with Crippen LogP contribution in [0.5, 0.6) is 0 Å². The molecule has 0 aliphatic carbocycles. The number of rotatable bonds is 0. The maximum atomic E-state index is 10.7. The third kappa shape index (κ3) is 0.673. The van der Waals surface area contributed by atoms with Gasteiger partial charge in [-0.15, -0.1) is 0 Å². The number of pyridine rings is 1. The SMILES string of the molecule is O=c1cc2c(c[nH]1)C=NC2.[H+]. The number of aliphatic imine (C=N–C) groups is 1. The smallest absolute Gasteiger partial charge is 0.328 e. The highest BCUT2D eigenvalue weighted by Crippen LogP contribution is 2.09. The molecule has 0 amide bonds. The predicted molar refractivity (Wildman–Crippen MR) is 39.5 cm³/mol. The van der Waals surface area contributed by atoms with Gasteiger partial charge in [-0.2, -0.15) is 0 Å². The van der Waals surface area contributed by atoms with E-state index in [0.717, 1.165) is 11.1 Å². The number of hydrogen-bond acceptors (Lipinski definition) is 2. The van der Waals surface area contributed by atoms with Gasteiger partial charge >= 0.3 is 1.43 Å². The Morgan fingerprint density at radius 2 is 2.60 bits per heavy atom. The van der Waals surface area contributed by atoms with E-state index < -0.39 is 0 Å². The van der Waals surface area contributed by atoms with Crippen LogP contribution in [0.3, 0.4) is 0 Å². The maximum absolute atomic E-state index is 10.7. The molecule has 0 bridgehead atoms. The van der Waals surface area contributed by atoms with Gasteiger partial charge in [-0.3, -0.25) is 9.79 Å². The molecule has 0 fully saturated rings. The monoisotopic (exact) mass is 135 g/mol. The minimum absolute atomic E-state index is 0. The van der Waals surface area contributed by atoms with Crippen molar-refractivity contribution in [3.05, 3.63) is 33.7 Å². The lowest BCUT2D eigenvalue weighted by atomic mass is 10.2. The Kier molecular flexibility index (Phi) is 0.974. The van der Waals surface area contributed by atoms with Crippen molar-refractivity contribution in [2.75, 3.05) is 0 Å². The molecular weight excluding hydrogens is 128 g/mol. The Bertz CT molecular complexity index is 343. The Morgan fingerprint density at radius 3 is 3.50 bits per heavy atom. The van der Waals surface area contributed by atoms with Gasteiger partial charge in [-0.1, -0.05) is 0 Å². The topological polar surface area (TPSA) is 45.2 Å². The van der Waals surface area contributed by atoms with Crippen molar-refractivity contribution in [2.45, 2.75) is 6.54 Å². The highest BCUT2D eigenvalue weighted by Gasteiger charge is 2.04. The first-order chi connectivity index (χ1) is 4.86. The first-order valence-electron chi connectivity index (χ1n) is 3.08. The van der Waals surface area contributed by atoms with Crippen molar-refractivity contribution in [1.29, 1.82) is 0 Å². The number of hydrogen-bond donors (Lipinski definition) is 1. The van der Waals surface area contributed by atoms with Crippen LogP contribution in [0, 0.1) is 0 Å². The van der Waals surface area contributed by atoms with Crippen LogP contribution >= 0.6 is 0 Å². The van der Waals surface area contributed by atoms with Crippen LogP contribution in [0.4, 0.5) is 0 Å². The van der Waals surface area contributed by atoms with Gasteiger partial charge in [0, 0.05) is 24.0 Å². The van der Waals surface area contributed by atoms with Gasteiger partial charge < -0.3 is 4.98 Å². The molecule has 0 spiro atoms. The van der Waals surface area contributed by atoms with Gasteiger partial charge in [0.1, 0.15) is 0 Å². The fourth-order valence-electron chi connectivity index (χ4n) is 1.02. The second-order valence-corrected chi connectivity index (χ2v) is 2.25. The van der Waals surface area contributed by atoms with Crippen molar-refractivity contribution >= 4 is 6.21 Å². The zero-order chi connectivity index (χ0) is 6.97. The van der Waals surface area contributed by atoms with Crippen LogP contribution in [0.1, 0.15) is 12.6 Å². The number of H-pyrrole nitrogens is 1. The van der Waals surface area contributed by atoms with E-state index in [0.29, 0.717) is 6.54 Å². The first-order valence-corrected chi connectivity index (χ1v) is 3.08. The van der Waals surface area contributed by atoms with Crippen molar-refractivity contribution < 1.29 is 1.43 Å². The highest BCUT2D eigenvalue weighted by molar-refractivity contribution is 5.83. The van der Waals surface area contributed by atoms with E-state index in [2.05, 4.69) is 9.98 Å². The first kappa shape index (κ1) is 5.41. The second-order valence-electron chi connectivity index (χ2n) is 2.25. The summed E-state index contributed by atoms with van der Waals surface area (Å²) in [5.74, 6) is 0. The van der Waals surface area contributed by atoms with E-state index in [1.54, 1.807) is 18.5 Å². The van der Waals surface area contributed by atoms with Crippen molar-refractivity contribution in [3.8, 4) is 0 Å². The Labute approximate surface area is 58.9 Å². The van der Waals surface area contributed by atoms with Crippen LogP contribution < -0.4 is 5.56 Å². The molecule has 2 heterocycles. The molecule has 0 unspecified atom stereocenters. The summed E-state index contributed by atoms with van der Waals surface area (Å²) in [4.78, 5) is 17.3. The van der Waals surface area contributed by atoms with Crippen molar-refractivity contribution in [2.24, 2.45) is 4.99 Å². The van der Waals surface area contributed by atoms with E-state index in [1.807, 2.05) is 0 Å². The molecule has 0 atom stereocenters. The molecule has 1 aliphatic rings. The largest absolute Gasteiger partial charge is 1.00 e. The number of fused-ring (bicyclic) bond motifs is 1. The van der Waals surface area contributed by atoms with Gasteiger partial charge in [0.2, 0.25) is 5.56 Å². The molecule has 2 rings (SSSR count). The molecule has 1 aliphatic heterocycles. The Hall–Kier alpha value is -1.38. The van der Waals surface area contributed by atoms with Crippen molar-refractivity contribution in [1.82, 2.24) is 4.98 Å². The summed E-state index contributed by atoms with van der Waals surface area (Å²) in [6, 6.07) is 1.59. The third-order valence-electron chi connectivity index (χ3n) is 1.54. The summed E-state index contributed by atoms with van der Waals surface area (Å²) >= 11 is 0. The standard InChI is InChI=1S/C7H6N2O/c10-7-1-5-2-8-3-6(5)4-9-7/h1,3-4H,2H2,(H,9,10)/p+1. The minimum Gasteiger partial charge on any atom is -0.328 e. The summed E-state index contributed by atoms with van der Waals surface area (Å²) in [6.45, 7) is 0.652. The average molecular weight is 135 g/mol. The zero-order valence-electron chi connectivity index (χ0n) is 6.29. The quantitative estimate of drug-likeness (QED) is 0.550. The van der Waals surface area contributed by atoms with E-state index in [4.69, 9.17) is 0 Å². The van der Waals surface area contributed by atoms with E-state index >= 15 is 0 Å². The van der Waals surface area contributed by atoms with Crippen LogP contribution in [0.2, 0.25) is 0 Å². The molecule has 50 valence electrons. The molecule has 1 N–H and O–H groups in total. The molecular formula is C7H7N2O+. The number of nitrogens with zero attached hydrogens (tertiary/aromatic N) is 1. The molecule has 10 heavy (non-hydrogen) atoms. The Balaban J connectivity index is 0.000000605. The third-order valence-corrected chi connectivity index (χ3v) is 1.54. The summed E-state index contributed by atoms with van der Waals surface area (Å²) in [6.07, 6.45) is 3.46. The van der Waals surface area contributed by atoms with E-state index in [1.165, 1.54) is 0 Å². The van der Waals surface area contributed by atoms with Crippen LogP contribution in [0.15, 0.2) is 22.1 Å². The molecule has 0 radical (unpaired) electrons. The lowest BCUT2D eigenvalue weighted by Crippen LogP contribution is -2.05. The summed E-state index contributed by atoms with van der Waals surface area (Å²) in [5.41, 5.74) is 1.99. The molecule has 3 heteroatoms. The van der Waals surface area contributed by atoms with Gasteiger partial charge in [-0.25, -0.2) is 0 Å². The number of aromatic nitrogens is 1. The van der Waals surface area contributed by atoms with E-state index in [-0.39, 0.29) is 6.99 Å². The normalized spacial score (nSPS) is 13.6. The minimum atomic E-state index is -0.0516. The van der Waals surface area contributed by atoms with Crippen LogP contribution in [-0.2, 0) is 6.54 Å². The molecule has 3 nitrogen and oxygen atoms in total. The lowest BCUT2D eigenvalue weighted by molar-refractivity contribution is 1.08. The highest BCUT2D eigenvalue weighted by atomic mass is 16.1. The Morgan fingerprint density at radius 1 is 1.70 bits per heavy atom. The van der Waals surface area contributed by atoms with Crippen molar-refractivity contribution in [3.63, 3.8) is 0 Å². The zero-order valence-corrected chi connectivity index (χ0v) is 5.29. The average Bonchev–Trinajstić information content (AvgIpc) is 2.33. The van der Waals surface area contributed by atoms with Gasteiger partial charge in [-0.05, 0) is 5.56 Å². The molecule has 0 aromatic carbocycles. The second kappa shape index (κ2) is 1.80. The van der Waals surface area contributed by atoms with Gasteiger partial charge in [0.25, 0.3) is 0 Å². The molecule has 0 saturated heterocycles. The fourth-order valence-corrected chi connectivity index (χ4v) is 1.02.